The van der Waals surface area contributed by atoms with Crippen LogP contribution in [0.1, 0.15) is 10.4 Å². The van der Waals surface area contributed by atoms with Crippen LogP contribution >= 0.6 is 11.6 Å². The van der Waals surface area contributed by atoms with Gasteiger partial charge in [-0.25, -0.2) is 4.39 Å². The quantitative estimate of drug-likeness (QED) is 0.854. The Morgan fingerprint density at radius 1 is 1.30 bits per heavy atom. The molecule has 0 aliphatic carbocycles. The van der Waals surface area contributed by atoms with Crippen LogP contribution in [0.2, 0.25) is 5.02 Å². The highest BCUT2D eigenvalue weighted by Crippen LogP contribution is 2.25. The minimum absolute atomic E-state index is 0.0367. The van der Waals surface area contributed by atoms with E-state index >= 15 is 0 Å². The maximum Gasteiger partial charge on any atom is 0.257 e. The first-order chi connectivity index (χ1) is 9.51. The maximum atomic E-state index is 12.9. The zero-order valence-electron chi connectivity index (χ0n) is 10.6. The predicted octanol–water partition coefficient (Wildman–Crippen LogP) is 3.32. The van der Waals surface area contributed by atoms with Crippen LogP contribution in [0.5, 0.6) is 5.75 Å². The molecule has 0 atom stereocenters. The Balaban J connectivity index is 2.23. The molecule has 2 rings (SSSR count). The van der Waals surface area contributed by atoms with Crippen molar-refractivity contribution in [1.29, 1.82) is 0 Å². The fourth-order valence-corrected chi connectivity index (χ4v) is 1.90. The number of rotatable bonds is 3. The molecule has 0 aromatic heterocycles. The van der Waals surface area contributed by atoms with Crippen molar-refractivity contribution in [3.8, 4) is 5.75 Å². The first kappa shape index (κ1) is 14.1. The number of ether oxygens (including phenoxy) is 1. The molecule has 3 N–H and O–H groups in total. The summed E-state index contributed by atoms with van der Waals surface area (Å²) in [6, 6.07) is 8.42. The lowest BCUT2D eigenvalue weighted by molar-refractivity contribution is 0.102. The number of hydrogen-bond donors (Lipinski definition) is 2. The lowest BCUT2D eigenvalue weighted by Crippen LogP contribution is -2.13. The Morgan fingerprint density at radius 3 is 2.65 bits per heavy atom. The van der Waals surface area contributed by atoms with Gasteiger partial charge in [0.05, 0.1) is 29.1 Å². The first-order valence-corrected chi connectivity index (χ1v) is 6.09. The van der Waals surface area contributed by atoms with Gasteiger partial charge < -0.3 is 15.8 Å². The zero-order chi connectivity index (χ0) is 14.7. The van der Waals surface area contributed by atoms with Crippen LogP contribution in [0.15, 0.2) is 36.4 Å². The monoisotopic (exact) mass is 294 g/mol. The number of nitrogen functional groups attached to an aromatic ring is 1. The molecule has 2 aromatic carbocycles. The van der Waals surface area contributed by atoms with E-state index in [0.717, 1.165) is 12.1 Å². The third-order valence-corrected chi connectivity index (χ3v) is 3.00. The van der Waals surface area contributed by atoms with Gasteiger partial charge in [0, 0.05) is 6.07 Å². The fraction of sp³-hybridized carbons (Fsp3) is 0.0714. The van der Waals surface area contributed by atoms with E-state index in [-0.39, 0.29) is 10.6 Å². The summed E-state index contributed by atoms with van der Waals surface area (Å²) >= 11 is 5.83. The van der Waals surface area contributed by atoms with Crippen molar-refractivity contribution in [1.82, 2.24) is 0 Å². The summed E-state index contributed by atoms with van der Waals surface area (Å²) in [7, 11) is 1.52. The molecule has 20 heavy (non-hydrogen) atoms. The molecule has 1 amide bonds. The standard InChI is InChI=1S/C14H12ClFN2O2/c1-20-9-3-5-13(12(17)7-9)18-14(19)10-4-2-8(16)6-11(10)15/h2-7H,17H2,1H3,(H,18,19). The Hall–Kier alpha value is -2.27. The van der Waals surface area contributed by atoms with Crippen LogP contribution in [-0.2, 0) is 0 Å². The second-order valence-corrected chi connectivity index (χ2v) is 4.44. The molecule has 0 aliphatic rings. The van der Waals surface area contributed by atoms with E-state index in [0.29, 0.717) is 17.1 Å². The van der Waals surface area contributed by atoms with Crippen LogP contribution in [0.4, 0.5) is 15.8 Å². The van der Waals surface area contributed by atoms with Crippen LogP contribution in [-0.4, -0.2) is 13.0 Å². The van der Waals surface area contributed by atoms with Gasteiger partial charge in [0.2, 0.25) is 0 Å². The number of carbonyl (C=O) groups excluding carboxylic acids is 1. The van der Waals surface area contributed by atoms with Crippen molar-refractivity contribution >= 4 is 28.9 Å². The normalized spacial score (nSPS) is 10.2. The third kappa shape index (κ3) is 3.00. The molecule has 0 heterocycles. The van der Waals surface area contributed by atoms with E-state index in [9.17, 15) is 9.18 Å². The van der Waals surface area contributed by atoms with E-state index in [1.54, 1.807) is 18.2 Å². The van der Waals surface area contributed by atoms with Gasteiger partial charge in [-0.1, -0.05) is 11.6 Å². The van der Waals surface area contributed by atoms with E-state index in [1.165, 1.54) is 13.2 Å². The van der Waals surface area contributed by atoms with Gasteiger partial charge in [-0.05, 0) is 30.3 Å². The summed E-state index contributed by atoms with van der Waals surface area (Å²) < 4.78 is 18.0. The van der Waals surface area contributed by atoms with Crippen LogP contribution < -0.4 is 15.8 Å². The van der Waals surface area contributed by atoms with Crippen molar-refractivity contribution in [2.45, 2.75) is 0 Å². The zero-order valence-corrected chi connectivity index (χ0v) is 11.4. The molecule has 0 saturated carbocycles. The number of carbonyl (C=O) groups is 1. The average molecular weight is 295 g/mol. The van der Waals surface area contributed by atoms with Gasteiger partial charge >= 0.3 is 0 Å². The average Bonchev–Trinajstić information content (AvgIpc) is 2.40. The van der Waals surface area contributed by atoms with Gasteiger partial charge in [-0.3, -0.25) is 4.79 Å². The predicted molar refractivity (Wildman–Crippen MR) is 76.8 cm³/mol. The molecule has 0 spiro atoms. The summed E-state index contributed by atoms with van der Waals surface area (Å²) in [6.45, 7) is 0. The number of halogens is 2. The molecule has 2 aromatic rings. The van der Waals surface area contributed by atoms with Gasteiger partial charge in [0.15, 0.2) is 0 Å². The molecular weight excluding hydrogens is 283 g/mol. The molecule has 0 fully saturated rings. The smallest absolute Gasteiger partial charge is 0.257 e. The Labute approximate surface area is 120 Å². The topological polar surface area (TPSA) is 64.3 Å². The van der Waals surface area contributed by atoms with Gasteiger partial charge in [-0.2, -0.15) is 0 Å². The number of methoxy groups -OCH3 is 1. The summed E-state index contributed by atoms with van der Waals surface area (Å²) in [6.07, 6.45) is 0. The van der Waals surface area contributed by atoms with E-state index < -0.39 is 11.7 Å². The molecular formula is C14H12ClFN2O2. The highest BCUT2D eigenvalue weighted by atomic mass is 35.5. The van der Waals surface area contributed by atoms with Crippen molar-refractivity contribution in [2.24, 2.45) is 0 Å². The molecule has 0 bridgehead atoms. The third-order valence-electron chi connectivity index (χ3n) is 2.68. The van der Waals surface area contributed by atoms with E-state index in [1.807, 2.05) is 0 Å². The highest BCUT2D eigenvalue weighted by molar-refractivity contribution is 6.34. The number of anilines is 2. The van der Waals surface area contributed by atoms with Crippen molar-refractivity contribution < 1.29 is 13.9 Å². The number of hydrogen-bond acceptors (Lipinski definition) is 3. The number of amides is 1. The molecule has 0 radical (unpaired) electrons. The van der Waals surface area contributed by atoms with Gasteiger partial charge in [-0.15, -0.1) is 0 Å². The van der Waals surface area contributed by atoms with Crippen LogP contribution in [0.25, 0.3) is 0 Å². The first-order valence-electron chi connectivity index (χ1n) is 5.71. The summed E-state index contributed by atoms with van der Waals surface area (Å²) in [5.74, 6) is -0.386. The Bertz CT molecular complexity index is 662. The number of nitrogens with one attached hydrogen (secondary N) is 1. The summed E-state index contributed by atoms with van der Waals surface area (Å²) in [4.78, 5) is 12.0. The van der Waals surface area contributed by atoms with Crippen LogP contribution in [0, 0.1) is 5.82 Å². The minimum Gasteiger partial charge on any atom is -0.497 e. The second kappa shape index (κ2) is 5.79. The highest BCUT2D eigenvalue weighted by Gasteiger charge is 2.12. The van der Waals surface area contributed by atoms with Gasteiger partial charge in [0.25, 0.3) is 5.91 Å². The fourth-order valence-electron chi connectivity index (χ4n) is 1.64. The number of nitrogens with two attached hydrogens (primary N) is 1. The van der Waals surface area contributed by atoms with Gasteiger partial charge in [0.1, 0.15) is 11.6 Å². The Kier molecular flexibility index (Phi) is 4.10. The molecule has 104 valence electrons. The second-order valence-electron chi connectivity index (χ2n) is 4.03. The van der Waals surface area contributed by atoms with E-state index in [2.05, 4.69) is 5.32 Å². The van der Waals surface area contributed by atoms with Crippen LogP contribution in [0.3, 0.4) is 0 Å². The molecule has 0 saturated heterocycles. The van der Waals surface area contributed by atoms with Crippen molar-refractivity contribution in [3.63, 3.8) is 0 Å². The molecule has 6 heteroatoms. The van der Waals surface area contributed by atoms with Crippen molar-refractivity contribution in [2.75, 3.05) is 18.2 Å². The van der Waals surface area contributed by atoms with E-state index in [4.69, 9.17) is 22.1 Å². The summed E-state index contributed by atoms with van der Waals surface area (Å²) in [5.41, 5.74) is 6.75. The summed E-state index contributed by atoms with van der Waals surface area (Å²) in [5, 5.41) is 2.65. The molecule has 0 unspecified atom stereocenters. The lowest BCUT2D eigenvalue weighted by Gasteiger charge is -2.10. The molecule has 4 nitrogen and oxygen atoms in total. The largest absolute Gasteiger partial charge is 0.497 e. The SMILES string of the molecule is COc1ccc(NC(=O)c2ccc(F)cc2Cl)c(N)c1. The lowest BCUT2D eigenvalue weighted by atomic mass is 10.2. The number of benzene rings is 2. The van der Waals surface area contributed by atoms with Crippen molar-refractivity contribution in [3.05, 3.63) is 52.8 Å². The maximum absolute atomic E-state index is 12.9. The minimum atomic E-state index is -0.504. The Morgan fingerprint density at radius 2 is 2.05 bits per heavy atom. The molecule has 0 aliphatic heterocycles.